The number of hydrogen-bond donors (Lipinski definition) is 2. The van der Waals surface area contributed by atoms with Gasteiger partial charge in [-0.05, 0) is 37.1 Å². The van der Waals surface area contributed by atoms with Crippen molar-refractivity contribution in [2.45, 2.75) is 25.4 Å². The van der Waals surface area contributed by atoms with Crippen LogP contribution < -0.4 is 10.1 Å². The molecule has 0 aliphatic carbocycles. The Bertz CT molecular complexity index is 422. The Morgan fingerprint density at radius 3 is 2.95 bits per heavy atom. The third kappa shape index (κ3) is 4.16. The molecule has 1 aliphatic rings. The van der Waals surface area contributed by atoms with Crippen LogP contribution in [0.4, 0.5) is 4.39 Å². The Labute approximate surface area is 119 Å². The second kappa shape index (κ2) is 7.57. The highest BCUT2D eigenvalue weighted by Crippen LogP contribution is 2.19. The lowest BCUT2D eigenvalue weighted by molar-refractivity contribution is 0.179. The molecule has 1 atom stereocenters. The first-order valence-electron chi connectivity index (χ1n) is 7.12. The average Bonchev–Trinajstić information content (AvgIpc) is 2.92. The van der Waals surface area contributed by atoms with Crippen molar-refractivity contribution in [2.24, 2.45) is 0 Å². The Morgan fingerprint density at radius 1 is 1.50 bits per heavy atom. The van der Waals surface area contributed by atoms with Gasteiger partial charge in [-0.2, -0.15) is 0 Å². The fourth-order valence-corrected chi connectivity index (χ4v) is 2.67. The summed E-state index contributed by atoms with van der Waals surface area (Å²) in [4.78, 5) is 2.16. The fraction of sp³-hybridized carbons (Fsp3) is 0.600. The van der Waals surface area contributed by atoms with Crippen LogP contribution in [0.1, 0.15) is 18.4 Å². The number of nitrogens with one attached hydrogen (secondary N) is 1. The molecule has 0 saturated carbocycles. The maximum absolute atomic E-state index is 13.7. The lowest BCUT2D eigenvalue weighted by atomic mass is 10.1. The molecule has 1 fully saturated rings. The first kappa shape index (κ1) is 15.2. The molecule has 1 aromatic rings. The molecular formula is C15H23FN2O2. The van der Waals surface area contributed by atoms with E-state index in [1.54, 1.807) is 6.07 Å². The smallest absolute Gasteiger partial charge is 0.165 e. The summed E-state index contributed by atoms with van der Waals surface area (Å²) in [5.41, 5.74) is 0.898. The van der Waals surface area contributed by atoms with E-state index in [2.05, 4.69) is 10.2 Å². The number of methoxy groups -OCH3 is 1. The van der Waals surface area contributed by atoms with Gasteiger partial charge in [0.25, 0.3) is 0 Å². The SMILES string of the molecule is COc1ccc(CN(CCO)CC2CCCN2)cc1F. The van der Waals surface area contributed by atoms with Crippen LogP contribution in [0.3, 0.4) is 0 Å². The van der Waals surface area contributed by atoms with Crippen LogP contribution in [0.2, 0.25) is 0 Å². The third-order valence-corrected chi connectivity index (χ3v) is 3.68. The van der Waals surface area contributed by atoms with Gasteiger partial charge in [0, 0.05) is 25.7 Å². The van der Waals surface area contributed by atoms with E-state index >= 15 is 0 Å². The molecule has 0 aromatic heterocycles. The van der Waals surface area contributed by atoms with Crippen LogP contribution in [-0.2, 0) is 6.54 Å². The molecule has 1 aromatic carbocycles. The maximum Gasteiger partial charge on any atom is 0.165 e. The monoisotopic (exact) mass is 282 g/mol. The van der Waals surface area contributed by atoms with Crippen LogP contribution in [0, 0.1) is 5.82 Å². The standard InChI is InChI=1S/C15H23FN2O2/c1-20-15-5-4-12(9-14(15)16)10-18(7-8-19)11-13-3-2-6-17-13/h4-5,9,13,17,19H,2-3,6-8,10-11H2,1H3. The number of ether oxygens (including phenoxy) is 1. The fourth-order valence-electron chi connectivity index (χ4n) is 2.67. The molecule has 20 heavy (non-hydrogen) atoms. The van der Waals surface area contributed by atoms with Gasteiger partial charge < -0.3 is 15.2 Å². The van der Waals surface area contributed by atoms with E-state index in [4.69, 9.17) is 9.84 Å². The van der Waals surface area contributed by atoms with E-state index in [9.17, 15) is 4.39 Å². The second-order valence-electron chi connectivity index (χ2n) is 5.22. The maximum atomic E-state index is 13.7. The predicted octanol–water partition coefficient (Wildman–Crippen LogP) is 1.38. The van der Waals surface area contributed by atoms with E-state index in [1.165, 1.54) is 26.0 Å². The van der Waals surface area contributed by atoms with E-state index in [0.29, 0.717) is 19.1 Å². The van der Waals surface area contributed by atoms with Gasteiger partial charge in [-0.25, -0.2) is 4.39 Å². The van der Waals surface area contributed by atoms with Gasteiger partial charge in [0.2, 0.25) is 0 Å². The molecule has 2 rings (SSSR count). The number of halogens is 1. The quantitative estimate of drug-likeness (QED) is 0.793. The summed E-state index contributed by atoms with van der Waals surface area (Å²) in [6.45, 7) is 3.31. The van der Waals surface area contributed by atoms with Crippen molar-refractivity contribution >= 4 is 0 Å². The van der Waals surface area contributed by atoms with E-state index in [1.807, 2.05) is 6.07 Å². The van der Waals surface area contributed by atoms with Gasteiger partial charge in [-0.3, -0.25) is 4.90 Å². The molecule has 0 spiro atoms. The molecule has 0 radical (unpaired) electrons. The van der Waals surface area contributed by atoms with Crippen LogP contribution in [0.25, 0.3) is 0 Å². The molecular weight excluding hydrogens is 259 g/mol. The molecule has 1 unspecified atom stereocenters. The van der Waals surface area contributed by atoms with Crippen molar-refractivity contribution in [3.63, 3.8) is 0 Å². The minimum Gasteiger partial charge on any atom is -0.494 e. The van der Waals surface area contributed by atoms with Crippen LogP contribution >= 0.6 is 0 Å². The van der Waals surface area contributed by atoms with Crippen molar-refractivity contribution in [3.8, 4) is 5.75 Å². The van der Waals surface area contributed by atoms with Crippen LogP contribution in [0.5, 0.6) is 5.75 Å². The zero-order valence-electron chi connectivity index (χ0n) is 11.9. The number of hydrogen-bond acceptors (Lipinski definition) is 4. The first-order valence-corrected chi connectivity index (χ1v) is 7.12. The first-order chi connectivity index (χ1) is 9.72. The second-order valence-corrected chi connectivity index (χ2v) is 5.22. The van der Waals surface area contributed by atoms with Gasteiger partial charge in [0.1, 0.15) is 0 Å². The highest BCUT2D eigenvalue weighted by molar-refractivity contribution is 5.29. The molecule has 2 N–H and O–H groups in total. The largest absolute Gasteiger partial charge is 0.494 e. The lowest BCUT2D eigenvalue weighted by Crippen LogP contribution is -2.38. The Hall–Kier alpha value is -1.17. The normalized spacial score (nSPS) is 18.7. The Kier molecular flexibility index (Phi) is 5.76. The molecule has 1 saturated heterocycles. The Morgan fingerprint density at radius 2 is 2.35 bits per heavy atom. The van der Waals surface area contributed by atoms with E-state index in [0.717, 1.165) is 18.7 Å². The molecule has 1 aliphatic heterocycles. The van der Waals surface area contributed by atoms with Crippen molar-refractivity contribution in [1.82, 2.24) is 10.2 Å². The zero-order chi connectivity index (χ0) is 14.4. The van der Waals surface area contributed by atoms with Gasteiger partial charge in [0.05, 0.1) is 13.7 Å². The van der Waals surface area contributed by atoms with Gasteiger partial charge in [0.15, 0.2) is 11.6 Å². The Balaban J connectivity index is 1.97. The summed E-state index contributed by atoms with van der Waals surface area (Å²) in [5.74, 6) is -0.0761. The summed E-state index contributed by atoms with van der Waals surface area (Å²) in [7, 11) is 1.46. The zero-order valence-corrected chi connectivity index (χ0v) is 11.9. The van der Waals surface area contributed by atoms with E-state index in [-0.39, 0.29) is 18.2 Å². The summed E-state index contributed by atoms with van der Waals surface area (Å²) in [6, 6.07) is 5.50. The predicted molar refractivity (Wildman–Crippen MR) is 76.3 cm³/mol. The number of aliphatic hydroxyl groups excluding tert-OH is 1. The molecule has 5 heteroatoms. The minimum atomic E-state index is -0.340. The molecule has 0 bridgehead atoms. The summed E-state index contributed by atoms with van der Waals surface area (Å²) in [5, 5.41) is 12.6. The van der Waals surface area contributed by atoms with E-state index < -0.39 is 0 Å². The molecule has 4 nitrogen and oxygen atoms in total. The molecule has 0 amide bonds. The highest BCUT2D eigenvalue weighted by atomic mass is 19.1. The van der Waals surface area contributed by atoms with Gasteiger partial charge in [-0.1, -0.05) is 6.07 Å². The topological polar surface area (TPSA) is 44.7 Å². The lowest BCUT2D eigenvalue weighted by Gasteiger charge is -2.25. The number of benzene rings is 1. The average molecular weight is 282 g/mol. The van der Waals surface area contributed by atoms with Gasteiger partial charge in [-0.15, -0.1) is 0 Å². The molecule has 112 valence electrons. The number of aliphatic hydroxyl groups is 1. The molecule has 1 heterocycles. The van der Waals surface area contributed by atoms with Crippen molar-refractivity contribution in [1.29, 1.82) is 0 Å². The van der Waals surface area contributed by atoms with Crippen molar-refractivity contribution in [3.05, 3.63) is 29.6 Å². The minimum absolute atomic E-state index is 0.116. The number of nitrogens with zero attached hydrogens (tertiary/aromatic N) is 1. The van der Waals surface area contributed by atoms with Crippen LogP contribution in [-0.4, -0.2) is 49.4 Å². The summed E-state index contributed by atoms with van der Waals surface area (Å²) in [6.07, 6.45) is 2.37. The highest BCUT2D eigenvalue weighted by Gasteiger charge is 2.18. The third-order valence-electron chi connectivity index (χ3n) is 3.68. The van der Waals surface area contributed by atoms with Gasteiger partial charge >= 0.3 is 0 Å². The van der Waals surface area contributed by atoms with Crippen LogP contribution in [0.15, 0.2) is 18.2 Å². The number of rotatable bonds is 7. The van der Waals surface area contributed by atoms with Crippen molar-refractivity contribution in [2.75, 3.05) is 33.4 Å². The van der Waals surface area contributed by atoms with Crippen molar-refractivity contribution < 1.29 is 14.2 Å². The summed E-state index contributed by atoms with van der Waals surface area (Å²) < 4.78 is 18.6. The summed E-state index contributed by atoms with van der Waals surface area (Å²) >= 11 is 0.